The Kier molecular flexibility index (Phi) is 6.33. The monoisotopic (exact) mass is 428 g/mol. The molecule has 0 spiro atoms. The van der Waals surface area contributed by atoms with E-state index in [1.165, 1.54) is 11.3 Å². The Morgan fingerprint density at radius 1 is 1.34 bits per heavy atom. The third kappa shape index (κ3) is 5.21. The van der Waals surface area contributed by atoms with Gasteiger partial charge in [0.25, 0.3) is 0 Å². The van der Waals surface area contributed by atoms with Gasteiger partial charge in [0.05, 0.1) is 24.5 Å². The van der Waals surface area contributed by atoms with E-state index in [2.05, 4.69) is 48.3 Å². The van der Waals surface area contributed by atoms with Crippen molar-refractivity contribution in [3.8, 4) is 0 Å². The van der Waals surface area contributed by atoms with Crippen LogP contribution in [0, 0.1) is 0 Å². The second-order valence-corrected chi connectivity index (χ2v) is 7.21. The first-order chi connectivity index (χ1) is 13.8. The van der Waals surface area contributed by atoms with Crippen molar-refractivity contribution < 1.29 is 23.1 Å². The molecule has 0 bridgehead atoms. The van der Waals surface area contributed by atoms with Crippen molar-refractivity contribution in [2.24, 2.45) is 0 Å². The Bertz CT molecular complexity index is 924. The van der Waals surface area contributed by atoms with Gasteiger partial charge in [-0.1, -0.05) is 0 Å². The molecule has 0 aromatic carbocycles. The molecular weight excluding hydrogens is 409 g/mol. The predicted octanol–water partition coefficient (Wildman–Crippen LogP) is 2.79. The van der Waals surface area contributed by atoms with Crippen LogP contribution < -0.4 is 0 Å². The third-order valence-corrected chi connectivity index (χ3v) is 5.23. The summed E-state index contributed by atoms with van der Waals surface area (Å²) in [5, 5.41) is 15.7. The first kappa shape index (κ1) is 21.0. The molecule has 0 fully saturated rings. The molecule has 0 aliphatic carbocycles. The minimum atomic E-state index is -5.08. The standard InChI is InChI=1S/C15H18N6S.C2HF3O2/c1-12-15-17-6-14(8-20-11-16-10-18-20)21(15)4-3-19(12)7-13-2-5-22-9-13;3-2(4,5)1(6)7/h2,5-6,9-12H,3-4,7-8H2,1H3;(H,6,7). The maximum Gasteiger partial charge on any atom is 0.490 e. The lowest BCUT2D eigenvalue weighted by Gasteiger charge is -2.34. The largest absolute Gasteiger partial charge is 0.490 e. The molecule has 156 valence electrons. The number of aromatic nitrogens is 5. The van der Waals surface area contributed by atoms with E-state index in [9.17, 15) is 13.2 Å². The van der Waals surface area contributed by atoms with Crippen LogP contribution in [0.2, 0.25) is 0 Å². The predicted molar refractivity (Wildman–Crippen MR) is 98.2 cm³/mol. The van der Waals surface area contributed by atoms with E-state index in [1.54, 1.807) is 24.0 Å². The van der Waals surface area contributed by atoms with Crippen molar-refractivity contribution >= 4 is 17.3 Å². The first-order valence-corrected chi connectivity index (χ1v) is 9.62. The van der Waals surface area contributed by atoms with E-state index in [-0.39, 0.29) is 0 Å². The van der Waals surface area contributed by atoms with Crippen molar-refractivity contribution in [1.82, 2.24) is 29.2 Å². The van der Waals surface area contributed by atoms with E-state index in [1.807, 2.05) is 10.9 Å². The second-order valence-electron chi connectivity index (χ2n) is 6.43. The van der Waals surface area contributed by atoms with E-state index < -0.39 is 12.1 Å². The molecule has 0 radical (unpaired) electrons. The number of carbonyl (C=O) groups is 1. The molecule has 4 heterocycles. The summed E-state index contributed by atoms with van der Waals surface area (Å²) in [7, 11) is 0. The maximum atomic E-state index is 10.6. The molecular formula is C17H19F3N6O2S. The van der Waals surface area contributed by atoms with E-state index in [0.29, 0.717) is 6.04 Å². The molecule has 0 saturated heterocycles. The summed E-state index contributed by atoms with van der Waals surface area (Å²) in [6, 6.07) is 2.53. The lowest BCUT2D eigenvalue weighted by molar-refractivity contribution is -0.192. The van der Waals surface area contributed by atoms with Crippen LogP contribution in [0.5, 0.6) is 0 Å². The number of fused-ring (bicyclic) bond motifs is 1. The summed E-state index contributed by atoms with van der Waals surface area (Å²) in [6.45, 7) is 5.99. The van der Waals surface area contributed by atoms with Crippen molar-refractivity contribution in [3.63, 3.8) is 0 Å². The fraction of sp³-hybridized carbons (Fsp3) is 0.412. The second kappa shape index (κ2) is 8.74. The third-order valence-electron chi connectivity index (χ3n) is 4.50. The number of halogens is 3. The quantitative estimate of drug-likeness (QED) is 0.688. The molecule has 29 heavy (non-hydrogen) atoms. The van der Waals surface area contributed by atoms with Gasteiger partial charge in [-0.2, -0.15) is 29.6 Å². The summed E-state index contributed by atoms with van der Waals surface area (Å²) < 4.78 is 35.9. The minimum absolute atomic E-state index is 0.332. The normalized spacial score (nSPS) is 16.8. The number of hydrogen-bond acceptors (Lipinski definition) is 6. The van der Waals surface area contributed by atoms with Gasteiger partial charge < -0.3 is 9.67 Å². The molecule has 1 aliphatic heterocycles. The fourth-order valence-electron chi connectivity index (χ4n) is 3.04. The van der Waals surface area contributed by atoms with Gasteiger partial charge in [0, 0.05) is 19.6 Å². The van der Waals surface area contributed by atoms with Crippen LogP contribution in [0.4, 0.5) is 13.2 Å². The number of hydrogen-bond donors (Lipinski definition) is 1. The molecule has 1 aliphatic rings. The van der Waals surface area contributed by atoms with Gasteiger partial charge in [0.2, 0.25) is 0 Å². The maximum absolute atomic E-state index is 10.6. The first-order valence-electron chi connectivity index (χ1n) is 8.67. The van der Waals surface area contributed by atoms with Gasteiger partial charge in [-0.05, 0) is 29.3 Å². The summed E-state index contributed by atoms with van der Waals surface area (Å²) in [5.74, 6) is -1.61. The lowest BCUT2D eigenvalue weighted by Crippen LogP contribution is -2.37. The van der Waals surface area contributed by atoms with Crippen LogP contribution in [-0.4, -0.2) is 53.0 Å². The number of thiophene rings is 1. The Morgan fingerprint density at radius 3 is 2.69 bits per heavy atom. The molecule has 3 aromatic rings. The average Bonchev–Trinajstić information content (AvgIpc) is 3.41. The Hall–Kier alpha value is -2.73. The number of rotatable bonds is 4. The van der Waals surface area contributed by atoms with Gasteiger partial charge in [-0.15, -0.1) is 0 Å². The summed E-state index contributed by atoms with van der Waals surface area (Å²) in [5.41, 5.74) is 2.59. The van der Waals surface area contributed by atoms with Gasteiger partial charge in [-0.3, -0.25) is 4.90 Å². The molecule has 4 rings (SSSR count). The number of carboxylic acids is 1. The number of aliphatic carboxylic acids is 1. The Balaban J connectivity index is 0.000000298. The zero-order chi connectivity index (χ0) is 21.0. The highest BCUT2D eigenvalue weighted by Crippen LogP contribution is 2.27. The van der Waals surface area contributed by atoms with Crippen molar-refractivity contribution in [2.45, 2.75) is 38.8 Å². The zero-order valence-electron chi connectivity index (χ0n) is 15.5. The molecule has 12 heteroatoms. The van der Waals surface area contributed by atoms with Crippen LogP contribution in [0.1, 0.15) is 30.0 Å². The van der Waals surface area contributed by atoms with Gasteiger partial charge in [-0.25, -0.2) is 19.4 Å². The Morgan fingerprint density at radius 2 is 2.10 bits per heavy atom. The number of carboxylic acid groups (broad SMARTS) is 1. The highest BCUT2D eigenvalue weighted by molar-refractivity contribution is 7.07. The summed E-state index contributed by atoms with van der Waals surface area (Å²) >= 11 is 1.76. The number of alkyl halides is 3. The molecule has 1 atom stereocenters. The van der Waals surface area contributed by atoms with Gasteiger partial charge >= 0.3 is 12.1 Å². The van der Waals surface area contributed by atoms with Crippen LogP contribution >= 0.6 is 11.3 Å². The SMILES string of the molecule is CC1c2ncc(Cn3cncn3)n2CCN1Cc1ccsc1.O=C(O)C(F)(F)F. The van der Waals surface area contributed by atoms with E-state index in [0.717, 1.165) is 32.0 Å². The molecule has 0 saturated carbocycles. The fourth-order valence-corrected chi connectivity index (χ4v) is 3.70. The van der Waals surface area contributed by atoms with Crippen molar-refractivity contribution in [2.75, 3.05) is 6.54 Å². The smallest absolute Gasteiger partial charge is 0.475 e. The van der Waals surface area contributed by atoms with Crippen LogP contribution in [0.3, 0.4) is 0 Å². The van der Waals surface area contributed by atoms with E-state index >= 15 is 0 Å². The minimum Gasteiger partial charge on any atom is -0.475 e. The lowest BCUT2D eigenvalue weighted by atomic mass is 10.2. The highest BCUT2D eigenvalue weighted by Gasteiger charge is 2.38. The summed E-state index contributed by atoms with van der Waals surface area (Å²) in [4.78, 5) is 20.0. The van der Waals surface area contributed by atoms with Crippen molar-refractivity contribution in [1.29, 1.82) is 0 Å². The highest BCUT2D eigenvalue weighted by atomic mass is 32.1. The van der Waals surface area contributed by atoms with Gasteiger partial charge in [0.15, 0.2) is 0 Å². The average molecular weight is 428 g/mol. The zero-order valence-corrected chi connectivity index (χ0v) is 16.3. The van der Waals surface area contributed by atoms with Crippen LogP contribution in [-0.2, 0) is 24.4 Å². The molecule has 1 N–H and O–H groups in total. The van der Waals surface area contributed by atoms with Crippen molar-refractivity contribution in [3.05, 3.63) is 52.8 Å². The van der Waals surface area contributed by atoms with Crippen LogP contribution in [0.25, 0.3) is 0 Å². The van der Waals surface area contributed by atoms with E-state index in [4.69, 9.17) is 9.90 Å². The summed E-state index contributed by atoms with van der Waals surface area (Å²) in [6.07, 6.45) is 0.204. The number of nitrogens with zero attached hydrogens (tertiary/aromatic N) is 6. The number of imidazole rings is 1. The topological polar surface area (TPSA) is 89.1 Å². The Labute approximate surface area is 168 Å². The van der Waals surface area contributed by atoms with Gasteiger partial charge in [0.1, 0.15) is 18.5 Å². The molecule has 3 aromatic heterocycles. The molecule has 0 amide bonds. The molecule has 1 unspecified atom stereocenters. The van der Waals surface area contributed by atoms with Crippen LogP contribution in [0.15, 0.2) is 35.7 Å². The molecule has 8 nitrogen and oxygen atoms in total.